The van der Waals surface area contributed by atoms with Gasteiger partial charge in [-0.3, -0.25) is 4.90 Å². The highest BCUT2D eigenvalue weighted by Gasteiger charge is 2.18. The van der Waals surface area contributed by atoms with Crippen LogP contribution in [0.3, 0.4) is 0 Å². The molecule has 23 heavy (non-hydrogen) atoms. The largest absolute Gasteiger partial charge is 0.369 e. The lowest BCUT2D eigenvalue weighted by atomic mass is 10.2. The molecule has 5 nitrogen and oxygen atoms in total. The highest BCUT2D eigenvalue weighted by molar-refractivity contribution is 6.30. The van der Waals surface area contributed by atoms with Crippen molar-refractivity contribution < 1.29 is 0 Å². The molecule has 0 saturated carbocycles. The number of halogens is 1. The maximum atomic E-state index is 6.09. The molecule has 0 atom stereocenters. The zero-order chi connectivity index (χ0) is 15.6. The van der Waals surface area contributed by atoms with Gasteiger partial charge in [-0.25, -0.2) is 4.68 Å². The predicted octanol–water partition coefficient (Wildman–Crippen LogP) is 2.86. The summed E-state index contributed by atoms with van der Waals surface area (Å²) in [5.41, 5.74) is 3.23. The van der Waals surface area contributed by atoms with Crippen LogP contribution in [-0.2, 0) is 6.67 Å². The molecule has 3 aromatic rings. The Kier molecular flexibility index (Phi) is 3.89. The molecule has 2 heterocycles. The molecule has 6 heteroatoms. The minimum atomic E-state index is 0.782. The van der Waals surface area contributed by atoms with Crippen LogP contribution in [0.2, 0.25) is 5.02 Å². The minimum absolute atomic E-state index is 0.782. The predicted molar refractivity (Wildman–Crippen MR) is 92.8 cm³/mol. The maximum absolute atomic E-state index is 6.09. The molecule has 118 valence electrons. The summed E-state index contributed by atoms with van der Waals surface area (Å²) in [6.07, 6.45) is 0. The fourth-order valence-corrected chi connectivity index (χ4v) is 3.22. The first-order valence-corrected chi connectivity index (χ1v) is 8.18. The Morgan fingerprint density at radius 3 is 2.61 bits per heavy atom. The number of rotatable bonds is 3. The van der Waals surface area contributed by atoms with E-state index in [0.29, 0.717) is 0 Å². The van der Waals surface area contributed by atoms with E-state index in [1.54, 1.807) is 0 Å². The first kappa shape index (κ1) is 14.5. The van der Waals surface area contributed by atoms with Gasteiger partial charge in [0.1, 0.15) is 5.52 Å². The quantitative estimate of drug-likeness (QED) is 0.741. The molecule has 0 aliphatic carbocycles. The van der Waals surface area contributed by atoms with E-state index in [9.17, 15) is 0 Å². The molecule has 2 aromatic carbocycles. The summed E-state index contributed by atoms with van der Waals surface area (Å²) >= 11 is 6.09. The summed E-state index contributed by atoms with van der Waals surface area (Å²) in [6.45, 7) is 4.77. The van der Waals surface area contributed by atoms with Gasteiger partial charge in [-0.2, -0.15) is 0 Å². The maximum Gasteiger partial charge on any atom is 0.113 e. The Hall–Kier alpha value is -2.11. The van der Waals surface area contributed by atoms with Crippen molar-refractivity contribution in [3.8, 4) is 0 Å². The smallest absolute Gasteiger partial charge is 0.113 e. The minimum Gasteiger partial charge on any atom is -0.369 e. The van der Waals surface area contributed by atoms with Crippen LogP contribution in [0.15, 0.2) is 48.5 Å². The molecule has 0 radical (unpaired) electrons. The van der Waals surface area contributed by atoms with Gasteiger partial charge < -0.3 is 4.90 Å². The lowest BCUT2D eigenvalue weighted by Gasteiger charge is -2.36. The van der Waals surface area contributed by atoms with Crippen molar-refractivity contribution >= 4 is 28.3 Å². The zero-order valence-corrected chi connectivity index (χ0v) is 13.5. The second-order valence-corrected chi connectivity index (χ2v) is 6.24. The number of para-hydroxylation sites is 1. The molecule has 1 aliphatic heterocycles. The number of fused-ring (bicyclic) bond motifs is 1. The van der Waals surface area contributed by atoms with E-state index in [0.717, 1.165) is 48.9 Å². The summed E-state index contributed by atoms with van der Waals surface area (Å²) in [7, 11) is 0. The normalized spacial score (nSPS) is 16.1. The third kappa shape index (κ3) is 3.02. The van der Waals surface area contributed by atoms with Crippen LogP contribution < -0.4 is 4.90 Å². The van der Waals surface area contributed by atoms with E-state index in [1.165, 1.54) is 5.69 Å². The van der Waals surface area contributed by atoms with Crippen LogP contribution in [0.5, 0.6) is 0 Å². The topological polar surface area (TPSA) is 37.2 Å². The molecule has 1 fully saturated rings. The molecule has 1 aromatic heterocycles. The van der Waals surface area contributed by atoms with Crippen molar-refractivity contribution in [2.75, 3.05) is 31.1 Å². The third-order valence-electron chi connectivity index (χ3n) is 4.30. The Morgan fingerprint density at radius 1 is 0.957 bits per heavy atom. The SMILES string of the molecule is Clc1cccc(N2CCN(Cn3nnc4ccccc43)CC2)c1. The highest BCUT2D eigenvalue weighted by atomic mass is 35.5. The van der Waals surface area contributed by atoms with E-state index in [-0.39, 0.29) is 0 Å². The number of hydrogen-bond donors (Lipinski definition) is 0. The zero-order valence-electron chi connectivity index (χ0n) is 12.8. The molecule has 1 aliphatic rings. The van der Waals surface area contributed by atoms with E-state index in [1.807, 2.05) is 41.1 Å². The Morgan fingerprint density at radius 2 is 1.78 bits per heavy atom. The number of nitrogens with zero attached hydrogens (tertiary/aromatic N) is 5. The summed E-state index contributed by atoms with van der Waals surface area (Å²) in [5.74, 6) is 0. The lowest BCUT2D eigenvalue weighted by molar-refractivity contribution is 0.197. The molecule has 0 bridgehead atoms. The molecule has 0 unspecified atom stereocenters. The van der Waals surface area contributed by atoms with Crippen molar-refractivity contribution in [2.24, 2.45) is 0 Å². The van der Waals surface area contributed by atoms with Crippen LogP contribution >= 0.6 is 11.6 Å². The number of piperazine rings is 1. The monoisotopic (exact) mass is 327 g/mol. The molecular weight excluding hydrogens is 310 g/mol. The average molecular weight is 328 g/mol. The van der Waals surface area contributed by atoms with Gasteiger partial charge in [0.25, 0.3) is 0 Å². The number of benzene rings is 2. The molecule has 0 spiro atoms. The van der Waals surface area contributed by atoms with Gasteiger partial charge >= 0.3 is 0 Å². The van der Waals surface area contributed by atoms with E-state index < -0.39 is 0 Å². The van der Waals surface area contributed by atoms with E-state index in [2.05, 4.69) is 32.2 Å². The molecular formula is C17H18ClN5. The second kappa shape index (κ2) is 6.18. The van der Waals surface area contributed by atoms with Crippen LogP contribution in [-0.4, -0.2) is 46.1 Å². The molecule has 4 rings (SSSR count). The van der Waals surface area contributed by atoms with E-state index >= 15 is 0 Å². The number of hydrogen-bond acceptors (Lipinski definition) is 4. The van der Waals surface area contributed by atoms with Crippen molar-refractivity contribution in [3.05, 3.63) is 53.6 Å². The van der Waals surface area contributed by atoms with Gasteiger partial charge in [-0.1, -0.05) is 35.0 Å². The van der Waals surface area contributed by atoms with Crippen LogP contribution in [0, 0.1) is 0 Å². The fraction of sp³-hybridized carbons (Fsp3) is 0.294. The van der Waals surface area contributed by atoms with Crippen LogP contribution in [0.25, 0.3) is 11.0 Å². The summed E-state index contributed by atoms with van der Waals surface area (Å²) in [5, 5.41) is 9.28. The lowest BCUT2D eigenvalue weighted by Crippen LogP contribution is -2.46. The summed E-state index contributed by atoms with van der Waals surface area (Å²) < 4.78 is 1.98. The Bertz CT molecular complexity index is 807. The molecule has 0 N–H and O–H groups in total. The number of anilines is 1. The molecule has 1 saturated heterocycles. The van der Waals surface area contributed by atoms with Crippen molar-refractivity contribution in [1.29, 1.82) is 0 Å². The first-order chi connectivity index (χ1) is 11.3. The van der Waals surface area contributed by atoms with Crippen molar-refractivity contribution in [2.45, 2.75) is 6.67 Å². The van der Waals surface area contributed by atoms with Gasteiger partial charge in [0.15, 0.2) is 0 Å². The van der Waals surface area contributed by atoms with Crippen LogP contribution in [0.4, 0.5) is 5.69 Å². The first-order valence-electron chi connectivity index (χ1n) is 7.81. The van der Waals surface area contributed by atoms with Gasteiger partial charge in [0.2, 0.25) is 0 Å². The third-order valence-corrected chi connectivity index (χ3v) is 4.53. The average Bonchev–Trinajstić information content (AvgIpc) is 2.99. The van der Waals surface area contributed by atoms with Gasteiger partial charge in [-0.05, 0) is 30.3 Å². The molecule has 0 amide bonds. The standard InChI is InChI=1S/C17H18ClN5/c18-14-4-3-5-15(12-14)22-10-8-21(9-11-22)13-23-17-7-2-1-6-16(17)19-20-23/h1-7,12H,8-11,13H2. The highest BCUT2D eigenvalue weighted by Crippen LogP contribution is 2.21. The van der Waals surface area contributed by atoms with Gasteiger partial charge in [0.05, 0.1) is 12.2 Å². The van der Waals surface area contributed by atoms with Crippen LogP contribution in [0.1, 0.15) is 0 Å². The van der Waals surface area contributed by atoms with Gasteiger partial charge in [-0.15, -0.1) is 5.10 Å². The van der Waals surface area contributed by atoms with E-state index in [4.69, 9.17) is 11.6 Å². The Labute approximate surface area is 140 Å². The fourth-order valence-electron chi connectivity index (χ4n) is 3.03. The van der Waals surface area contributed by atoms with Gasteiger partial charge in [0, 0.05) is 36.9 Å². The Balaban J connectivity index is 1.42. The second-order valence-electron chi connectivity index (χ2n) is 5.80. The summed E-state index contributed by atoms with van der Waals surface area (Å²) in [6, 6.07) is 16.1. The van der Waals surface area contributed by atoms with Crippen molar-refractivity contribution in [3.63, 3.8) is 0 Å². The van der Waals surface area contributed by atoms with Crippen molar-refractivity contribution in [1.82, 2.24) is 19.9 Å². The number of aromatic nitrogens is 3. The summed E-state index contributed by atoms with van der Waals surface area (Å²) in [4.78, 5) is 4.78.